The van der Waals surface area contributed by atoms with Crippen molar-refractivity contribution in [3.05, 3.63) is 41.2 Å². The van der Waals surface area contributed by atoms with E-state index < -0.39 is 0 Å². The van der Waals surface area contributed by atoms with Crippen LogP contribution in [0.15, 0.2) is 27.3 Å². The summed E-state index contributed by atoms with van der Waals surface area (Å²) in [5.74, 6) is 1.66. The lowest BCUT2D eigenvalue weighted by Gasteiger charge is -2.12. The molecule has 114 valence electrons. The van der Waals surface area contributed by atoms with Crippen LogP contribution >= 0.6 is 0 Å². The van der Waals surface area contributed by atoms with E-state index in [4.69, 9.17) is 8.94 Å². The number of fused-ring (bicyclic) bond motifs is 1. The largest absolute Gasteiger partial charge is 0.461 e. The summed E-state index contributed by atoms with van der Waals surface area (Å²) in [6.45, 7) is 1.35. The molecule has 0 amide bonds. The molecule has 0 aliphatic heterocycles. The van der Waals surface area contributed by atoms with Gasteiger partial charge in [-0.1, -0.05) is 5.16 Å². The van der Waals surface area contributed by atoms with Crippen molar-refractivity contribution in [3.63, 3.8) is 0 Å². The molecule has 0 saturated heterocycles. The second kappa shape index (κ2) is 5.42. The molecule has 0 radical (unpaired) electrons. The van der Waals surface area contributed by atoms with Crippen LogP contribution < -0.4 is 0 Å². The van der Waals surface area contributed by atoms with Gasteiger partial charge in [-0.15, -0.1) is 0 Å². The minimum atomic E-state index is 0.481. The van der Waals surface area contributed by atoms with E-state index >= 15 is 0 Å². The molecule has 0 fully saturated rings. The van der Waals surface area contributed by atoms with Crippen LogP contribution in [-0.4, -0.2) is 32.3 Å². The van der Waals surface area contributed by atoms with E-state index in [1.54, 1.807) is 12.3 Å². The van der Waals surface area contributed by atoms with Gasteiger partial charge in [-0.3, -0.25) is 10.00 Å². The number of aromatic amines is 1. The van der Waals surface area contributed by atoms with E-state index in [2.05, 4.69) is 25.2 Å². The van der Waals surface area contributed by atoms with E-state index in [1.165, 1.54) is 17.7 Å². The first kappa shape index (κ1) is 13.3. The van der Waals surface area contributed by atoms with Gasteiger partial charge in [0, 0.05) is 12.2 Å². The Kier molecular flexibility index (Phi) is 3.27. The number of furan rings is 1. The van der Waals surface area contributed by atoms with Crippen LogP contribution in [0.1, 0.15) is 29.3 Å². The zero-order valence-corrected chi connectivity index (χ0v) is 12.4. The van der Waals surface area contributed by atoms with Crippen LogP contribution in [0.4, 0.5) is 0 Å². The van der Waals surface area contributed by atoms with E-state index in [0.29, 0.717) is 24.0 Å². The fourth-order valence-corrected chi connectivity index (χ4v) is 2.89. The van der Waals surface area contributed by atoms with Crippen molar-refractivity contribution in [3.8, 4) is 11.6 Å². The number of nitrogens with one attached hydrogen (secondary N) is 1. The number of hydrogen-bond acceptors (Lipinski definition) is 6. The molecule has 3 heterocycles. The highest BCUT2D eigenvalue weighted by atomic mass is 16.5. The minimum absolute atomic E-state index is 0.481. The molecule has 0 unspecified atom stereocenters. The number of nitrogens with zero attached hydrogens (tertiary/aromatic N) is 4. The number of H-pyrrole nitrogens is 1. The molecule has 7 heteroatoms. The molecule has 3 aromatic heterocycles. The molecule has 1 aliphatic carbocycles. The van der Waals surface area contributed by atoms with Crippen molar-refractivity contribution in [2.24, 2.45) is 0 Å². The van der Waals surface area contributed by atoms with Crippen molar-refractivity contribution in [2.75, 3.05) is 7.05 Å². The zero-order valence-electron chi connectivity index (χ0n) is 12.4. The van der Waals surface area contributed by atoms with Crippen molar-refractivity contribution < 1.29 is 8.94 Å². The fraction of sp³-hybridized carbons (Fsp3) is 0.400. The quantitative estimate of drug-likeness (QED) is 0.777. The summed E-state index contributed by atoms with van der Waals surface area (Å²) in [5.41, 5.74) is 3.80. The third kappa shape index (κ3) is 2.43. The third-order valence-electron chi connectivity index (χ3n) is 3.93. The monoisotopic (exact) mass is 299 g/mol. The van der Waals surface area contributed by atoms with Gasteiger partial charge < -0.3 is 8.94 Å². The Morgan fingerprint density at radius 3 is 3.14 bits per heavy atom. The molecule has 22 heavy (non-hydrogen) atoms. The van der Waals surface area contributed by atoms with Gasteiger partial charge in [0.1, 0.15) is 0 Å². The molecule has 7 nitrogen and oxygen atoms in total. The highest BCUT2D eigenvalue weighted by molar-refractivity contribution is 5.44. The zero-order chi connectivity index (χ0) is 14.9. The first-order valence-corrected chi connectivity index (χ1v) is 7.39. The number of hydrogen-bond donors (Lipinski definition) is 1. The van der Waals surface area contributed by atoms with E-state index in [-0.39, 0.29) is 0 Å². The number of aromatic nitrogens is 4. The summed E-state index contributed by atoms with van der Waals surface area (Å²) in [6.07, 6.45) is 5.05. The predicted octanol–water partition coefficient (Wildman–Crippen LogP) is 2.17. The molecule has 4 rings (SSSR count). The molecular formula is C15H17N5O2. The van der Waals surface area contributed by atoms with Gasteiger partial charge in [0.05, 0.1) is 18.5 Å². The summed E-state index contributed by atoms with van der Waals surface area (Å²) in [5, 5.41) is 11.5. The first-order valence-electron chi connectivity index (χ1n) is 7.39. The molecule has 0 bridgehead atoms. The van der Waals surface area contributed by atoms with E-state index in [1.807, 2.05) is 13.1 Å². The summed E-state index contributed by atoms with van der Waals surface area (Å²) >= 11 is 0. The van der Waals surface area contributed by atoms with Crippen LogP contribution in [0.2, 0.25) is 0 Å². The Hall–Kier alpha value is -2.41. The lowest BCUT2D eigenvalue weighted by molar-refractivity contribution is 0.258. The highest BCUT2D eigenvalue weighted by Gasteiger charge is 2.20. The summed E-state index contributed by atoms with van der Waals surface area (Å²) < 4.78 is 10.5. The molecule has 0 spiro atoms. The highest BCUT2D eigenvalue weighted by Crippen LogP contribution is 2.24. The Labute approximate surface area is 127 Å². The Balaban J connectivity index is 1.42. The molecule has 0 atom stereocenters. The maximum absolute atomic E-state index is 5.28. The second-order valence-electron chi connectivity index (χ2n) is 5.64. The van der Waals surface area contributed by atoms with Crippen LogP contribution in [0.25, 0.3) is 11.6 Å². The van der Waals surface area contributed by atoms with E-state index in [9.17, 15) is 0 Å². The van der Waals surface area contributed by atoms with Gasteiger partial charge >= 0.3 is 0 Å². The van der Waals surface area contributed by atoms with Gasteiger partial charge in [-0.2, -0.15) is 10.1 Å². The molecule has 3 aromatic rings. The molecular weight excluding hydrogens is 282 g/mol. The second-order valence-corrected chi connectivity index (χ2v) is 5.64. The van der Waals surface area contributed by atoms with Crippen LogP contribution in [0.3, 0.4) is 0 Å². The predicted molar refractivity (Wildman–Crippen MR) is 77.8 cm³/mol. The summed E-state index contributed by atoms with van der Waals surface area (Å²) in [7, 11) is 2.02. The molecule has 1 aliphatic rings. The Bertz CT molecular complexity index is 759. The third-order valence-corrected chi connectivity index (χ3v) is 3.93. The minimum Gasteiger partial charge on any atom is -0.461 e. The molecule has 1 N–H and O–H groups in total. The molecule has 0 aromatic carbocycles. The van der Waals surface area contributed by atoms with Gasteiger partial charge in [0.25, 0.3) is 0 Å². The summed E-state index contributed by atoms with van der Waals surface area (Å²) in [6, 6.07) is 3.61. The number of aryl methyl sites for hydroxylation is 1. The average Bonchev–Trinajstić information content (AvgIpc) is 3.24. The normalized spacial score (nSPS) is 13.9. The average molecular weight is 299 g/mol. The van der Waals surface area contributed by atoms with Crippen molar-refractivity contribution in [1.82, 2.24) is 25.2 Å². The maximum Gasteiger partial charge on any atom is 0.241 e. The van der Waals surface area contributed by atoms with Gasteiger partial charge in [-0.25, -0.2) is 0 Å². The Morgan fingerprint density at radius 2 is 2.27 bits per heavy atom. The van der Waals surface area contributed by atoms with Crippen molar-refractivity contribution >= 4 is 0 Å². The SMILES string of the molecule is CN(Cc1nc(-c2ccco2)no1)Cc1n[nH]c2c1CCC2. The Morgan fingerprint density at radius 1 is 1.32 bits per heavy atom. The van der Waals surface area contributed by atoms with Gasteiger partial charge in [0.2, 0.25) is 11.7 Å². The smallest absolute Gasteiger partial charge is 0.241 e. The fourth-order valence-electron chi connectivity index (χ4n) is 2.89. The maximum atomic E-state index is 5.28. The van der Waals surface area contributed by atoms with Crippen LogP contribution in [0, 0.1) is 0 Å². The summed E-state index contributed by atoms with van der Waals surface area (Å²) in [4.78, 5) is 6.47. The number of rotatable bonds is 5. The van der Waals surface area contributed by atoms with Crippen molar-refractivity contribution in [2.45, 2.75) is 32.4 Å². The van der Waals surface area contributed by atoms with Crippen molar-refractivity contribution in [1.29, 1.82) is 0 Å². The standard InChI is InChI=1S/C15H17N5O2/c1-20(8-12-10-4-2-5-11(10)17-18-12)9-14-16-15(19-22-14)13-6-3-7-21-13/h3,6-7H,2,4-5,8-9H2,1H3,(H,17,18). The van der Waals surface area contributed by atoms with Gasteiger partial charge in [0.15, 0.2) is 5.76 Å². The van der Waals surface area contributed by atoms with Gasteiger partial charge in [-0.05, 0) is 44.0 Å². The van der Waals surface area contributed by atoms with E-state index in [0.717, 1.165) is 25.1 Å². The lowest BCUT2D eigenvalue weighted by atomic mass is 10.2. The topological polar surface area (TPSA) is 84.0 Å². The lowest BCUT2D eigenvalue weighted by Crippen LogP contribution is -2.18. The molecule has 0 saturated carbocycles. The van der Waals surface area contributed by atoms with Crippen LogP contribution in [0.5, 0.6) is 0 Å². The van der Waals surface area contributed by atoms with Crippen LogP contribution in [-0.2, 0) is 25.9 Å². The first-order chi connectivity index (χ1) is 10.8.